The summed E-state index contributed by atoms with van der Waals surface area (Å²) in [5.74, 6) is 0.630. The summed E-state index contributed by atoms with van der Waals surface area (Å²) < 4.78 is 0. The first-order valence-electron chi connectivity index (χ1n) is 13.2. The maximum absolute atomic E-state index is 14.0. The van der Waals surface area contributed by atoms with Gasteiger partial charge in [0.1, 0.15) is 0 Å². The van der Waals surface area contributed by atoms with E-state index in [1.807, 2.05) is 24.3 Å². The highest BCUT2D eigenvalue weighted by molar-refractivity contribution is 6.09. The molecule has 4 heteroatoms. The number of pyridine rings is 1. The second-order valence-electron chi connectivity index (χ2n) is 10.2. The maximum atomic E-state index is 14.0. The third-order valence-electron chi connectivity index (χ3n) is 7.81. The number of amides is 1. The lowest BCUT2D eigenvalue weighted by atomic mass is 9.84. The van der Waals surface area contributed by atoms with E-state index in [1.54, 1.807) is 0 Å². The number of para-hydroxylation sites is 1. The standard InChI is InChI=1S/C30H37N3O/c1-22(23-13-5-2-6-14-23)31-30(34)28-25-17-9-10-18-27(25)32-29(24-15-7-3-8-16-24)26(28)21-33-19-11-4-12-20-33/h3,7-10,15-18,22-23H,2,4-6,11-14,19-21H2,1H3,(H,31,34). The van der Waals surface area contributed by atoms with Gasteiger partial charge in [-0.2, -0.15) is 0 Å². The van der Waals surface area contributed by atoms with Crippen LogP contribution < -0.4 is 5.32 Å². The topological polar surface area (TPSA) is 45.2 Å². The zero-order valence-electron chi connectivity index (χ0n) is 20.4. The first-order valence-corrected chi connectivity index (χ1v) is 13.2. The van der Waals surface area contributed by atoms with Crippen molar-refractivity contribution in [1.82, 2.24) is 15.2 Å². The van der Waals surface area contributed by atoms with Gasteiger partial charge in [0.15, 0.2) is 0 Å². The van der Waals surface area contributed by atoms with Gasteiger partial charge < -0.3 is 5.32 Å². The molecule has 4 nitrogen and oxygen atoms in total. The lowest BCUT2D eigenvalue weighted by molar-refractivity contribution is 0.0918. The number of carbonyl (C=O) groups is 1. The van der Waals surface area contributed by atoms with E-state index in [1.165, 1.54) is 51.4 Å². The quantitative estimate of drug-likeness (QED) is 0.456. The molecule has 0 radical (unpaired) electrons. The molecule has 1 aromatic heterocycles. The molecule has 178 valence electrons. The minimum Gasteiger partial charge on any atom is -0.349 e. The zero-order chi connectivity index (χ0) is 23.3. The summed E-state index contributed by atoms with van der Waals surface area (Å²) in [5.41, 5.74) is 4.80. The molecule has 1 aliphatic heterocycles. The molecule has 2 heterocycles. The van der Waals surface area contributed by atoms with Crippen LogP contribution in [0.5, 0.6) is 0 Å². The summed E-state index contributed by atoms with van der Waals surface area (Å²) >= 11 is 0. The molecule has 1 aliphatic carbocycles. The number of piperidine rings is 1. The number of likely N-dealkylation sites (tertiary alicyclic amines) is 1. The number of carbonyl (C=O) groups excluding carboxylic acids is 1. The fraction of sp³-hybridized carbons (Fsp3) is 0.467. The molecule has 5 rings (SSSR count). The van der Waals surface area contributed by atoms with E-state index >= 15 is 0 Å². The molecule has 0 spiro atoms. The van der Waals surface area contributed by atoms with E-state index in [4.69, 9.17) is 4.98 Å². The summed E-state index contributed by atoms with van der Waals surface area (Å²) in [7, 11) is 0. The van der Waals surface area contributed by atoms with Gasteiger partial charge >= 0.3 is 0 Å². The highest BCUT2D eigenvalue weighted by Crippen LogP contribution is 2.33. The molecule has 1 saturated heterocycles. The van der Waals surface area contributed by atoms with E-state index < -0.39 is 0 Å². The molecule has 1 unspecified atom stereocenters. The Kier molecular flexibility index (Phi) is 7.24. The van der Waals surface area contributed by atoms with Crippen molar-refractivity contribution in [3.05, 3.63) is 65.7 Å². The maximum Gasteiger partial charge on any atom is 0.252 e. The molecule has 1 N–H and O–H groups in total. The highest BCUT2D eigenvalue weighted by atomic mass is 16.1. The molecule has 2 fully saturated rings. The number of aromatic nitrogens is 1. The van der Waals surface area contributed by atoms with Crippen LogP contribution in [0.3, 0.4) is 0 Å². The molecular weight excluding hydrogens is 418 g/mol. The van der Waals surface area contributed by atoms with Crippen LogP contribution in [0.1, 0.15) is 74.2 Å². The minimum absolute atomic E-state index is 0.0564. The fourth-order valence-corrected chi connectivity index (χ4v) is 5.87. The lowest BCUT2D eigenvalue weighted by Crippen LogP contribution is -2.40. The van der Waals surface area contributed by atoms with Crippen LogP contribution >= 0.6 is 0 Å². The van der Waals surface area contributed by atoms with Crippen molar-refractivity contribution in [2.24, 2.45) is 5.92 Å². The van der Waals surface area contributed by atoms with Crippen LogP contribution in [-0.2, 0) is 6.54 Å². The van der Waals surface area contributed by atoms with E-state index in [0.29, 0.717) is 5.92 Å². The van der Waals surface area contributed by atoms with Gasteiger partial charge in [-0.25, -0.2) is 4.98 Å². The largest absolute Gasteiger partial charge is 0.349 e. The number of nitrogens with one attached hydrogen (secondary N) is 1. The monoisotopic (exact) mass is 455 g/mol. The third-order valence-corrected chi connectivity index (χ3v) is 7.81. The van der Waals surface area contributed by atoms with Crippen LogP contribution in [0.4, 0.5) is 0 Å². The molecule has 1 amide bonds. The van der Waals surface area contributed by atoms with Gasteiger partial charge in [-0.05, 0) is 57.7 Å². The Labute approximate surface area is 203 Å². The van der Waals surface area contributed by atoms with Gasteiger partial charge in [0.2, 0.25) is 0 Å². The molecule has 0 bridgehead atoms. The first-order chi connectivity index (χ1) is 16.7. The molecular formula is C30H37N3O. The SMILES string of the molecule is CC(NC(=O)c1c(CN2CCCCC2)c(-c2ccccc2)nc2ccccc12)C1CCCCC1. The molecule has 34 heavy (non-hydrogen) atoms. The molecule has 1 atom stereocenters. The van der Waals surface area contributed by atoms with Gasteiger partial charge in [0.05, 0.1) is 16.8 Å². The van der Waals surface area contributed by atoms with E-state index in [-0.39, 0.29) is 11.9 Å². The number of rotatable bonds is 6. The smallest absolute Gasteiger partial charge is 0.252 e. The Morgan fingerprint density at radius 2 is 1.62 bits per heavy atom. The molecule has 1 saturated carbocycles. The van der Waals surface area contributed by atoms with Gasteiger partial charge in [0.25, 0.3) is 5.91 Å². The predicted octanol–water partition coefficient (Wildman–Crippen LogP) is 6.59. The Balaban J connectivity index is 1.60. The van der Waals surface area contributed by atoms with E-state index in [0.717, 1.165) is 52.9 Å². The zero-order valence-corrected chi connectivity index (χ0v) is 20.4. The summed E-state index contributed by atoms with van der Waals surface area (Å²) in [6.07, 6.45) is 10.1. The van der Waals surface area contributed by atoms with Gasteiger partial charge in [-0.3, -0.25) is 9.69 Å². The van der Waals surface area contributed by atoms with Crippen molar-refractivity contribution in [2.45, 2.75) is 70.9 Å². The average Bonchev–Trinajstić information content (AvgIpc) is 2.89. The Morgan fingerprint density at radius 3 is 2.38 bits per heavy atom. The molecule has 2 aliphatic rings. The Bertz CT molecular complexity index is 1110. The second-order valence-corrected chi connectivity index (χ2v) is 10.2. The van der Waals surface area contributed by atoms with E-state index in [2.05, 4.69) is 47.5 Å². The van der Waals surface area contributed by atoms with Crippen molar-refractivity contribution >= 4 is 16.8 Å². The lowest BCUT2D eigenvalue weighted by Gasteiger charge is -2.30. The number of nitrogens with zero attached hydrogens (tertiary/aromatic N) is 2. The molecule has 2 aromatic carbocycles. The van der Waals surface area contributed by atoms with Crippen molar-refractivity contribution < 1.29 is 4.79 Å². The second kappa shape index (κ2) is 10.7. The number of hydrogen-bond acceptors (Lipinski definition) is 3. The number of benzene rings is 2. The normalized spacial score (nSPS) is 18.6. The predicted molar refractivity (Wildman–Crippen MR) is 140 cm³/mol. The summed E-state index contributed by atoms with van der Waals surface area (Å²) in [4.78, 5) is 21.6. The Hall–Kier alpha value is -2.72. The van der Waals surface area contributed by atoms with Crippen LogP contribution in [0, 0.1) is 5.92 Å². The van der Waals surface area contributed by atoms with Crippen molar-refractivity contribution in [1.29, 1.82) is 0 Å². The van der Waals surface area contributed by atoms with Crippen molar-refractivity contribution in [2.75, 3.05) is 13.1 Å². The Morgan fingerprint density at radius 1 is 0.941 bits per heavy atom. The number of fused-ring (bicyclic) bond motifs is 1. The van der Waals surface area contributed by atoms with Gasteiger partial charge in [-0.15, -0.1) is 0 Å². The van der Waals surface area contributed by atoms with Gasteiger partial charge in [0, 0.05) is 29.1 Å². The van der Waals surface area contributed by atoms with Gasteiger partial charge in [-0.1, -0.05) is 74.2 Å². The van der Waals surface area contributed by atoms with Crippen molar-refractivity contribution in [3.63, 3.8) is 0 Å². The summed E-state index contributed by atoms with van der Waals surface area (Å²) in [6.45, 7) is 5.13. The first kappa shape index (κ1) is 23.0. The van der Waals surface area contributed by atoms with Crippen LogP contribution in [-0.4, -0.2) is 34.9 Å². The minimum atomic E-state index is 0.0564. The van der Waals surface area contributed by atoms with Crippen molar-refractivity contribution in [3.8, 4) is 11.3 Å². The van der Waals surface area contributed by atoms with Crippen LogP contribution in [0.25, 0.3) is 22.2 Å². The fourth-order valence-electron chi connectivity index (χ4n) is 5.87. The summed E-state index contributed by atoms with van der Waals surface area (Å²) in [6, 6.07) is 18.7. The molecule has 3 aromatic rings. The third kappa shape index (κ3) is 5.02. The average molecular weight is 456 g/mol. The van der Waals surface area contributed by atoms with Crippen LogP contribution in [0.15, 0.2) is 54.6 Å². The van der Waals surface area contributed by atoms with Crippen LogP contribution in [0.2, 0.25) is 0 Å². The van der Waals surface area contributed by atoms with E-state index in [9.17, 15) is 4.79 Å². The summed E-state index contributed by atoms with van der Waals surface area (Å²) in [5, 5.41) is 4.39. The number of hydrogen-bond donors (Lipinski definition) is 1. The highest BCUT2D eigenvalue weighted by Gasteiger charge is 2.27.